The molecule has 0 atom stereocenters. The summed E-state index contributed by atoms with van der Waals surface area (Å²) in [4.78, 5) is 16.1. The highest BCUT2D eigenvalue weighted by atomic mass is 32.1. The van der Waals surface area contributed by atoms with Gasteiger partial charge in [0, 0.05) is 26.6 Å². The first-order valence-electron chi connectivity index (χ1n) is 14.5. The zero-order valence-electron chi connectivity index (χ0n) is 23.4. The molecule has 0 aliphatic carbocycles. The molecule has 0 saturated carbocycles. The summed E-state index contributed by atoms with van der Waals surface area (Å²) in [6, 6.07) is 48.3. The summed E-state index contributed by atoms with van der Waals surface area (Å²) in [5.74, 6) is 1.92. The summed E-state index contributed by atoms with van der Waals surface area (Å²) in [6.07, 6.45) is 0. The Morgan fingerprint density at radius 1 is 0.409 bits per heavy atom. The molecule has 0 spiro atoms. The average Bonchev–Trinajstić information content (AvgIpc) is 3.69. The van der Waals surface area contributed by atoms with E-state index in [9.17, 15) is 0 Å². The molecule has 0 amide bonds. The molecule has 3 aromatic heterocycles. The number of nitrogens with zero attached hydrogens (tertiary/aromatic N) is 3. The van der Waals surface area contributed by atoms with Gasteiger partial charge in [-0.2, -0.15) is 0 Å². The lowest BCUT2D eigenvalue weighted by Crippen LogP contribution is -1.99. The summed E-state index contributed by atoms with van der Waals surface area (Å²) < 4.78 is 7.41. The van der Waals surface area contributed by atoms with Crippen LogP contribution in [-0.4, -0.2) is 15.0 Å². The Hall–Kier alpha value is -5.65. The molecule has 0 N–H and O–H groups in total. The van der Waals surface area contributed by atoms with Gasteiger partial charge in [0.2, 0.25) is 0 Å². The largest absolute Gasteiger partial charge is 0.456 e. The van der Waals surface area contributed by atoms with Gasteiger partial charge >= 0.3 is 0 Å². The van der Waals surface area contributed by atoms with Crippen LogP contribution in [0, 0.1) is 0 Å². The molecule has 3 heterocycles. The van der Waals surface area contributed by atoms with Crippen molar-refractivity contribution < 1.29 is 4.42 Å². The predicted molar refractivity (Wildman–Crippen MR) is 182 cm³/mol. The van der Waals surface area contributed by atoms with E-state index in [-0.39, 0.29) is 0 Å². The number of fused-ring (bicyclic) bond motifs is 5. The van der Waals surface area contributed by atoms with Crippen LogP contribution in [0.1, 0.15) is 0 Å². The molecule has 0 unspecified atom stereocenters. The Kier molecular flexibility index (Phi) is 5.64. The van der Waals surface area contributed by atoms with E-state index in [0.717, 1.165) is 43.3 Å². The first-order valence-corrected chi connectivity index (χ1v) is 15.3. The van der Waals surface area contributed by atoms with Crippen LogP contribution < -0.4 is 0 Å². The highest BCUT2D eigenvalue weighted by Crippen LogP contribution is 2.36. The standard InChI is InChI=1S/C39H23N3OS/c1-2-8-24(9-3-1)25-14-15-27-21-29(17-16-26(27)20-25)37-40-38(42-39(41-37)36-23-28-10-4-7-13-35(28)44-36)30-18-19-32-31-11-5-6-12-33(31)43-34(32)22-30/h1-23H. The molecule has 0 saturated heterocycles. The average molecular weight is 582 g/mol. The van der Waals surface area contributed by atoms with Crippen molar-refractivity contribution in [2.24, 2.45) is 0 Å². The van der Waals surface area contributed by atoms with Crippen molar-refractivity contribution >= 4 is 54.1 Å². The maximum atomic E-state index is 6.20. The fourth-order valence-electron chi connectivity index (χ4n) is 5.90. The van der Waals surface area contributed by atoms with Gasteiger partial charge in [-0.1, -0.05) is 97.1 Å². The maximum absolute atomic E-state index is 6.20. The Bertz CT molecular complexity index is 2480. The number of hydrogen-bond acceptors (Lipinski definition) is 5. The number of furan rings is 1. The summed E-state index contributed by atoms with van der Waals surface area (Å²) >= 11 is 1.69. The van der Waals surface area contributed by atoms with Crippen LogP contribution in [0.3, 0.4) is 0 Å². The van der Waals surface area contributed by atoms with Gasteiger partial charge in [-0.15, -0.1) is 11.3 Å². The van der Waals surface area contributed by atoms with E-state index >= 15 is 0 Å². The monoisotopic (exact) mass is 581 g/mol. The lowest BCUT2D eigenvalue weighted by Gasteiger charge is -2.09. The zero-order chi connectivity index (χ0) is 29.0. The quantitative estimate of drug-likeness (QED) is 0.207. The first-order chi connectivity index (χ1) is 21.7. The van der Waals surface area contributed by atoms with E-state index in [2.05, 4.69) is 109 Å². The second-order valence-electron chi connectivity index (χ2n) is 10.9. The third kappa shape index (κ3) is 4.25. The van der Waals surface area contributed by atoms with Crippen molar-refractivity contribution in [1.82, 2.24) is 15.0 Å². The Labute approximate surface area is 256 Å². The summed E-state index contributed by atoms with van der Waals surface area (Å²) in [5, 5.41) is 5.66. The number of para-hydroxylation sites is 1. The molecular formula is C39H23N3OS. The minimum absolute atomic E-state index is 0.615. The van der Waals surface area contributed by atoms with E-state index in [1.165, 1.54) is 26.6 Å². The maximum Gasteiger partial charge on any atom is 0.174 e. The number of thiophene rings is 1. The van der Waals surface area contributed by atoms with Gasteiger partial charge < -0.3 is 4.42 Å². The fraction of sp³-hybridized carbons (Fsp3) is 0. The summed E-state index contributed by atoms with van der Waals surface area (Å²) in [5.41, 5.74) is 5.91. The molecule has 44 heavy (non-hydrogen) atoms. The number of benzene rings is 6. The zero-order valence-corrected chi connectivity index (χ0v) is 24.3. The Morgan fingerprint density at radius 3 is 1.89 bits per heavy atom. The topological polar surface area (TPSA) is 51.8 Å². The molecule has 6 aromatic carbocycles. The molecule has 206 valence electrons. The third-order valence-corrected chi connectivity index (χ3v) is 9.24. The van der Waals surface area contributed by atoms with Crippen molar-refractivity contribution in [2.75, 3.05) is 0 Å². The predicted octanol–water partition coefficient (Wildman–Crippen LogP) is 10.8. The van der Waals surface area contributed by atoms with Crippen LogP contribution in [0.5, 0.6) is 0 Å². The highest BCUT2D eigenvalue weighted by molar-refractivity contribution is 7.22. The van der Waals surface area contributed by atoms with E-state index in [1.807, 2.05) is 30.3 Å². The smallest absolute Gasteiger partial charge is 0.174 e. The SMILES string of the molecule is c1ccc(-c2ccc3cc(-c4nc(-c5ccc6c(c5)oc5ccccc56)nc(-c5cc6ccccc6s5)n4)ccc3c2)cc1. The van der Waals surface area contributed by atoms with E-state index < -0.39 is 0 Å². The minimum Gasteiger partial charge on any atom is -0.456 e. The minimum atomic E-state index is 0.615. The van der Waals surface area contributed by atoms with Crippen molar-refractivity contribution in [3.8, 4) is 44.6 Å². The van der Waals surface area contributed by atoms with Gasteiger partial charge in [-0.05, 0) is 69.8 Å². The fourth-order valence-corrected chi connectivity index (χ4v) is 6.89. The number of aromatic nitrogens is 3. The molecule has 4 nitrogen and oxygen atoms in total. The van der Waals surface area contributed by atoms with Gasteiger partial charge in [0.1, 0.15) is 11.2 Å². The molecule has 0 aliphatic rings. The van der Waals surface area contributed by atoms with E-state index in [4.69, 9.17) is 19.4 Å². The normalized spacial score (nSPS) is 11.6. The number of hydrogen-bond donors (Lipinski definition) is 0. The number of rotatable bonds is 4. The van der Waals surface area contributed by atoms with Crippen molar-refractivity contribution in [3.05, 3.63) is 140 Å². The van der Waals surface area contributed by atoms with Gasteiger partial charge in [0.25, 0.3) is 0 Å². The van der Waals surface area contributed by atoms with Crippen LogP contribution in [0.2, 0.25) is 0 Å². The Balaban J connectivity index is 1.20. The van der Waals surface area contributed by atoms with E-state index in [1.54, 1.807) is 11.3 Å². The Morgan fingerprint density at radius 2 is 1.05 bits per heavy atom. The molecule has 9 aromatic rings. The van der Waals surface area contributed by atoms with Gasteiger partial charge in [0.15, 0.2) is 17.5 Å². The second kappa shape index (κ2) is 9.97. The van der Waals surface area contributed by atoms with Crippen molar-refractivity contribution in [1.29, 1.82) is 0 Å². The molecule has 0 aliphatic heterocycles. The first kappa shape index (κ1) is 24.9. The third-order valence-electron chi connectivity index (χ3n) is 8.12. The molecule has 0 fully saturated rings. The van der Waals surface area contributed by atoms with Crippen LogP contribution >= 0.6 is 11.3 Å². The molecular weight excluding hydrogens is 559 g/mol. The molecule has 9 rings (SSSR count). The lowest BCUT2D eigenvalue weighted by molar-refractivity contribution is 0.669. The van der Waals surface area contributed by atoms with Crippen LogP contribution in [0.25, 0.3) is 87.4 Å². The molecule has 5 heteroatoms. The lowest BCUT2D eigenvalue weighted by atomic mass is 10.00. The van der Waals surface area contributed by atoms with Gasteiger partial charge in [0.05, 0.1) is 4.88 Å². The van der Waals surface area contributed by atoms with E-state index in [0.29, 0.717) is 17.5 Å². The van der Waals surface area contributed by atoms with Crippen molar-refractivity contribution in [3.63, 3.8) is 0 Å². The van der Waals surface area contributed by atoms with Crippen LogP contribution in [0.15, 0.2) is 144 Å². The van der Waals surface area contributed by atoms with Crippen LogP contribution in [0.4, 0.5) is 0 Å². The second-order valence-corrected chi connectivity index (χ2v) is 12.0. The molecule has 0 radical (unpaired) electrons. The summed E-state index contributed by atoms with van der Waals surface area (Å²) in [7, 11) is 0. The van der Waals surface area contributed by atoms with Gasteiger partial charge in [-0.3, -0.25) is 0 Å². The van der Waals surface area contributed by atoms with Crippen LogP contribution in [-0.2, 0) is 0 Å². The van der Waals surface area contributed by atoms with Gasteiger partial charge in [-0.25, -0.2) is 15.0 Å². The molecule has 0 bridgehead atoms. The van der Waals surface area contributed by atoms with Crippen molar-refractivity contribution in [2.45, 2.75) is 0 Å². The highest BCUT2D eigenvalue weighted by Gasteiger charge is 2.16. The summed E-state index contributed by atoms with van der Waals surface area (Å²) in [6.45, 7) is 0.